The number of nitrogens with zero attached hydrogens (tertiary/aromatic N) is 4. The third-order valence-electron chi connectivity index (χ3n) is 6.60. The molecule has 3 aromatic heterocycles. The van der Waals surface area contributed by atoms with Crippen molar-refractivity contribution in [1.29, 1.82) is 0 Å². The molecule has 29 heavy (non-hydrogen) atoms. The van der Waals surface area contributed by atoms with Gasteiger partial charge >= 0.3 is 0 Å². The molecule has 1 aliphatic carbocycles. The highest BCUT2D eigenvalue weighted by atomic mass is 19.1. The van der Waals surface area contributed by atoms with E-state index in [4.69, 9.17) is 0 Å². The zero-order chi connectivity index (χ0) is 20.1. The summed E-state index contributed by atoms with van der Waals surface area (Å²) >= 11 is 0. The average Bonchev–Trinajstić information content (AvgIpc) is 3.16. The molecule has 1 aromatic carbocycles. The molecular weight excluding hydrogens is 367 g/mol. The van der Waals surface area contributed by atoms with E-state index in [1.807, 2.05) is 16.8 Å². The molecule has 0 spiro atoms. The Labute approximate surface area is 167 Å². The minimum absolute atomic E-state index is 0.0123. The molecule has 1 saturated carbocycles. The van der Waals surface area contributed by atoms with Crippen LogP contribution in [-0.4, -0.2) is 19.2 Å². The number of hydrogen-bond donors (Lipinski definition) is 0. The minimum atomic E-state index is -0.282. The van der Waals surface area contributed by atoms with Gasteiger partial charge in [-0.2, -0.15) is 5.10 Å². The second-order valence-corrected chi connectivity index (χ2v) is 8.22. The summed E-state index contributed by atoms with van der Waals surface area (Å²) in [5.74, 6) is 0.794. The Balaban J connectivity index is 1.65. The Morgan fingerprint density at radius 1 is 1.07 bits per heavy atom. The second-order valence-electron chi connectivity index (χ2n) is 8.22. The van der Waals surface area contributed by atoms with Crippen molar-refractivity contribution in [2.24, 2.45) is 11.8 Å². The molecule has 5 nitrogen and oxygen atoms in total. The van der Waals surface area contributed by atoms with Crippen LogP contribution in [0.25, 0.3) is 27.7 Å². The molecule has 3 atom stereocenters. The molecule has 5 rings (SSSR count). The zero-order valence-corrected chi connectivity index (χ0v) is 16.5. The molecule has 3 heterocycles. The fourth-order valence-electron chi connectivity index (χ4n) is 4.67. The number of hydrogen-bond acceptors (Lipinski definition) is 3. The van der Waals surface area contributed by atoms with Crippen LogP contribution in [0.15, 0.2) is 53.7 Å². The summed E-state index contributed by atoms with van der Waals surface area (Å²) in [4.78, 5) is 17.8. The van der Waals surface area contributed by atoms with Crippen LogP contribution < -0.4 is 5.56 Å². The Kier molecular flexibility index (Phi) is 4.23. The van der Waals surface area contributed by atoms with Crippen molar-refractivity contribution in [1.82, 2.24) is 19.2 Å². The standard InChI is InChI=1S/C23H23FN4O/c1-14-4-3-5-20(15(14)2)27-11-10-21-19(23(27)29)12-25-22-18(13-26-28(21)22)16-6-8-17(24)9-7-16/h6-15,20H,3-5H2,1-2H3/t14-,15+,20+/m1/s1. The maximum Gasteiger partial charge on any atom is 0.261 e. The third-order valence-corrected chi connectivity index (χ3v) is 6.60. The van der Waals surface area contributed by atoms with Gasteiger partial charge in [0, 0.05) is 24.0 Å². The second kappa shape index (κ2) is 6.79. The van der Waals surface area contributed by atoms with E-state index in [0.717, 1.165) is 29.5 Å². The van der Waals surface area contributed by atoms with Gasteiger partial charge in [0.05, 0.1) is 17.1 Å². The van der Waals surface area contributed by atoms with Gasteiger partial charge in [-0.05, 0) is 42.0 Å². The van der Waals surface area contributed by atoms with Crippen LogP contribution in [0.4, 0.5) is 4.39 Å². The highest BCUT2D eigenvalue weighted by molar-refractivity contribution is 5.85. The van der Waals surface area contributed by atoms with Crippen LogP contribution in [0.5, 0.6) is 0 Å². The molecule has 0 radical (unpaired) electrons. The number of halogens is 1. The molecule has 1 fully saturated rings. The predicted octanol–water partition coefficient (Wildman–Crippen LogP) is 4.85. The number of benzene rings is 1. The Morgan fingerprint density at radius 2 is 1.86 bits per heavy atom. The Hall–Kier alpha value is -3.02. The SMILES string of the molecule is C[C@H]1[C@H](C)CCC[C@@H]1n1ccc2c(cnc3c(-c4ccc(F)cc4)cnn32)c1=O. The van der Waals surface area contributed by atoms with Gasteiger partial charge < -0.3 is 4.57 Å². The molecule has 4 aromatic rings. The van der Waals surface area contributed by atoms with Crippen LogP contribution in [0.3, 0.4) is 0 Å². The fourth-order valence-corrected chi connectivity index (χ4v) is 4.67. The topological polar surface area (TPSA) is 52.2 Å². The predicted molar refractivity (Wildman–Crippen MR) is 111 cm³/mol. The van der Waals surface area contributed by atoms with Crippen molar-refractivity contribution in [2.45, 2.75) is 39.2 Å². The monoisotopic (exact) mass is 390 g/mol. The lowest BCUT2D eigenvalue weighted by molar-refractivity contribution is 0.183. The van der Waals surface area contributed by atoms with Gasteiger partial charge in [0.25, 0.3) is 5.56 Å². The van der Waals surface area contributed by atoms with Crippen LogP contribution >= 0.6 is 0 Å². The number of pyridine rings is 1. The highest BCUT2D eigenvalue weighted by Gasteiger charge is 2.29. The van der Waals surface area contributed by atoms with Gasteiger partial charge in [-0.15, -0.1) is 0 Å². The third kappa shape index (κ3) is 2.85. The lowest BCUT2D eigenvalue weighted by Crippen LogP contribution is -2.33. The smallest absolute Gasteiger partial charge is 0.261 e. The van der Waals surface area contributed by atoms with E-state index in [9.17, 15) is 9.18 Å². The lowest BCUT2D eigenvalue weighted by atomic mass is 9.78. The average molecular weight is 390 g/mol. The molecule has 0 saturated heterocycles. The van der Waals surface area contributed by atoms with Crippen LogP contribution in [-0.2, 0) is 0 Å². The van der Waals surface area contributed by atoms with Crippen molar-refractivity contribution in [2.75, 3.05) is 0 Å². The van der Waals surface area contributed by atoms with Gasteiger partial charge in [-0.1, -0.05) is 38.8 Å². The van der Waals surface area contributed by atoms with Crippen molar-refractivity contribution in [3.8, 4) is 11.1 Å². The summed E-state index contributed by atoms with van der Waals surface area (Å²) in [5.41, 5.74) is 3.03. The number of aromatic nitrogens is 4. The van der Waals surface area contributed by atoms with E-state index in [-0.39, 0.29) is 17.4 Å². The summed E-state index contributed by atoms with van der Waals surface area (Å²) in [7, 11) is 0. The molecule has 0 amide bonds. The number of rotatable bonds is 2. The first-order chi connectivity index (χ1) is 14.0. The molecule has 6 heteroatoms. The van der Waals surface area contributed by atoms with Crippen molar-refractivity contribution >= 4 is 16.6 Å². The Morgan fingerprint density at radius 3 is 2.66 bits per heavy atom. The van der Waals surface area contributed by atoms with Gasteiger partial charge in [0.15, 0.2) is 5.65 Å². The normalized spacial score (nSPS) is 22.4. The minimum Gasteiger partial charge on any atom is -0.311 e. The summed E-state index contributed by atoms with van der Waals surface area (Å²) in [5, 5.41) is 5.04. The maximum atomic E-state index is 13.3. The van der Waals surface area contributed by atoms with E-state index in [0.29, 0.717) is 22.9 Å². The lowest BCUT2D eigenvalue weighted by Gasteiger charge is -2.35. The quantitative estimate of drug-likeness (QED) is 0.492. The first-order valence-corrected chi connectivity index (χ1v) is 10.2. The molecule has 1 aliphatic rings. The van der Waals surface area contributed by atoms with Gasteiger partial charge in [0.1, 0.15) is 5.82 Å². The van der Waals surface area contributed by atoms with Gasteiger partial charge in [-0.3, -0.25) is 4.79 Å². The molecule has 0 unspecified atom stereocenters. The molecule has 0 aliphatic heterocycles. The first-order valence-electron chi connectivity index (χ1n) is 10.2. The summed E-state index contributed by atoms with van der Waals surface area (Å²) < 4.78 is 16.9. The van der Waals surface area contributed by atoms with E-state index in [2.05, 4.69) is 23.9 Å². The van der Waals surface area contributed by atoms with Gasteiger partial charge in [0.2, 0.25) is 0 Å². The molecule has 148 valence electrons. The van der Waals surface area contributed by atoms with Crippen molar-refractivity contribution < 1.29 is 4.39 Å². The highest BCUT2D eigenvalue weighted by Crippen LogP contribution is 2.37. The Bertz CT molecular complexity index is 1260. The van der Waals surface area contributed by atoms with Gasteiger partial charge in [-0.25, -0.2) is 13.9 Å². The summed E-state index contributed by atoms with van der Waals surface area (Å²) in [6.07, 6.45) is 8.67. The van der Waals surface area contributed by atoms with E-state index >= 15 is 0 Å². The first kappa shape index (κ1) is 18.0. The maximum absolute atomic E-state index is 13.3. The van der Waals surface area contributed by atoms with E-state index in [1.165, 1.54) is 18.6 Å². The summed E-state index contributed by atoms with van der Waals surface area (Å²) in [6.45, 7) is 4.52. The van der Waals surface area contributed by atoms with Crippen molar-refractivity contribution in [3.63, 3.8) is 0 Å². The molecule has 0 bridgehead atoms. The zero-order valence-electron chi connectivity index (χ0n) is 16.5. The van der Waals surface area contributed by atoms with Crippen LogP contribution in [0.1, 0.15) is 39.2 Å². The van der Waals surface area contributed by atoms with Crippen molar-refractivity contribution in [3.05, 3.63) is 65.1 Å². The van der Waals surface area contributed by atoms with Crippen LogP contribution in [0, 0.1) is 17.7 Å². The van der Waals surface area contributed by atoms with E-state index in [1.54, 1.807) is 29.0 Å². The molecule has 0 N–H and O–H groups in total. The summed E-state index contributed by atoms with van der Waals surface area (Å²) in [6, 6.07) is 8.44. The number of fused-ring (bicyclic) bond motifs is 3. The van der Waals surface area contributed by atoms with E-state index < -0.39 is 0 Å². The fraction of sp³-hybridized carbons (Fsp3) is 0.348. The van der Waals surface area contributed by atoms with Crippen LogP contribution in [0.2, 0.25) is 0 Å². The largest absolute Gasteiger partial charge is 0.311 e. The molecular formula is C23H23FN4O.